The zero-order valence-corrected chi connectivity index (χ0v) is 15.9. The predicted molar refractivity (Wildman–Crippen MR) is 105 cm³/mol. The highest BCUT2D eigenvalue weighted by atomic mass is 16.5. The number of piperazine rings is 1. The summed E-state index contributed by atoms with van der Waals surface area (Å²) in [5.41, 5.74) is 1.77. The lowest BCUT2D eigenvalue weighted by Crippen LogP contribution is -2.47. The summed E-state index contributed by atoms with van der Waals surface area (Å²) in [5.74, 6) is 2.34. The molecule has 0 radical (unpaired) electrons. The average molecular weight is 370 g/mol. The number of rotatable bonds is 4. The normalized spacial score (nSPS) is 17.7. The second kappa shape index (κ2) is 7.56. The molecule has 0 saturated carbocycles. The summed E-state index contributed by atoms with van der Waals surface area (Å²) >= 11 is 0. The fraction of sp³-hybridized carbons (Fsp3) is 0.526. The van der Waals surface area contributed by atoms with Gasteiger partial charge in [0.05, 0.1) is 18.4 Å². The summed E-state index contributed by atoms with van der Waals surface area (Å²) in [6.45, 7) is 5.12. The maximum absolute atomic E-state index is 12.5. The Morgan fingerprint density at radius 2 is 2.04 bits per heavy atom. The summed E-state index contributed by atoms with van der Waals surface area (Å²) in [4.78, 5) is 31.3. The first-order valence-corrected chi connectivity index (χ1v) is 9.45. The van der Waals surface area contributed by atoms with Crippen molar-refractivity contribution in [2.24, 2.45) is 0 Å². The Balaban J connectivity index is 1.44. The number of aromatic nitrogens is 3. The molecule has 2 aromatic rings. The summed E-state index contributed by atoms with van der Waals surface area (Å²) < 4.78 is 5.40. The SMILES string of the molecule is COc1cccnc1CN1CCN(c2nc3c(c(=O)[nH]2)CCCN3C)CC1. The molecule has 0 aromatic carbocycles. The van der Waals surface area contributed by atoms with Crippen LogP contribution in [-0.4, -0.2) is 66.7 Å². The van der Waals surface area contributed by atoms with Crippen LogP contribution in [0.3, 0.4) is 0 Å². The second-order valence-corrected chi connectivity index (χ2v) is 7.13. The molecule has 0 amide bonds. The lowest BCUT2D eigenvalue weighted by atomic mass is 10.1. The van der Waals surface area contributed by atoms with Gasteiger partial charge >= 0.3 is 0 Å². The first-order valence-electron chi connectivity index (χ1n) is 9.45. The van der Waals surface area contributed by atoms with Crippen molar-refractivity contribution in [2.75, 3.05) is 56.7 Å². The van der Waals surface area contributed by atoms with E-state index in [4.69, 9.17) is 9.72 Å². The quantitative estimate of drug-likeness (QED) is 0.856. The summed E-state index contributed by atoms with van der Waals surface area (Å²) in [6.07, 6.45) is 3.61. The van der Waals surface area contributed by atoms with Crippen LogP contribution < -0.4 is 20.1 Å². The Kier molecular flexibility index (Phi) is 4.98. The van der Waals surface area contributed by atoms with Gasteiger partial charge in [0.1, 0.15) is 11.6 Å². The molecule has 2 aliphatic heterocycles. The van der Waals surface area contributed by atoms with Crippen LogP contribution in [0, 0.1) is 0 Å². The van der Waals surface area contributed by atoms with Crippen LogP contribution >= 0.6 is 0 Å². The van der Waals surface area contributed by atoms with Gasteiger partial charge in [-0.25, -0.2) is 0 Å². The zero-order valence-electron chi connectivity index (χ0n) is 15.9. The molecule has 1 fully saturated rings. The van der Waals surface area contributed by atoms with Crippen LogP contribution in [0.25, 0.3) is 0 Å². The van der Waals surface area contributed by atoms with Crippen molar-refractivity contribution in [3.05, 3.63) is 39.9 Å². The summed E-state index contributed by atoms with van der Waals surface area (Å²) in [6, 6.07) is 3.83. The number of pyridine rings is 1. The average Bonchev–Trinajstić information content (AvgIpc) is 2.70. The summed E-state index contributed by atoms with van der Waals surface area (Å²) in [5, 5.41) is 0. The fourth-order valence-corrected chi connectivity index (χ4v) is 3.82. The highest BCUT2D eigenvalue weighted by molar-refractivity contribution is 5.51. The van der Waals surface area contributed by atoms with E-state index in [1.54, 1.807) is 13.3 Å². The van der Waals surface area contributed by atoms with Gasteiger partial charge in [0, 0.05) is 52.5 Å². The van der Waals surface area contributed by atoms with E-state index in [1.807, 2.05) is 19.2 Å². The number of H-pyrrole nitrogens is 1. The van der Waals surface area contributed by atoms with E-state index in [9.17, 15) is 4.79 Å². The Morgan fingerprint density at radius 1 is 1.22 bits per heavy atom. The minimum absolute atomic E-state index is 0.00204. The van der Waals surface area contributed by atoms with Crippen LogP contribution in [0.4, 0.5) is 11.8 Å². The number of anilines is 2. The van der Waals surface area contributed by atoms with Crippen molar-refractivity contribution < 1.29 is 4.74 Å². The third-order valence-electron chi connectivity index (χ3n) is 5.38. The van der Waals surface area contributed by atoms with Crippen LogP contribution in [-0.2, 0) is 13.0 Å². The van der Waals surface area contributed by atoms with E-state index in [0.717, 1.165) is 74.9 Å². The predicted octanol–water partition coefficient (Wildman–Crippen LogP) is 0.878. The molecule has 1 N–H and O–H groups in total. The topological polar surface area (TPSA) is 77.6 Å². The molecule has 4 rings (SSSR count). The lowest BCUT2D eigenvalue weighted by molar-refractivity contribution is 0.242. The first-order chi connectivity index (χ1) is 13.2. The van der Waals surface area contributed by atoms with E-state index in [2.05, 4.69) is 24.7 Å². The Labute approximate surface area is 158 Å². The fourth-order valence-electron chi connectivity index (χ4n) is 3.82. The molecule has 8 nitrogen and oxygen atoms in total. The number of nitrogens with zero attached hydrogens (tertiary/aromatic N) is 5. The maximum atomic E-state index is 12.5. The van der Waals surface area contributed by atoms with Crippen LogP contribution in [0.15, 0.2) is 23.1 Å². The number of hydrogen-bond acceptors (Lipinski definition) is 7. The number of nitrogens with one attached hydrogen (secondary N) is 1. The molecular formula is C19H26N6O2. The molecule has 4 heterocycles. The number of methoxy groups -OCH3 is 1. The Morgan fingerprint density at radius 3 is 2.81 bits per heavy atom. The molecule has 0 spiro atoms. The van der Waals surface area contributed by atoms with Crippen molar-refractivity contribution in [3.8, 4) is 5.75 Å². The largest absolute Gasteiger partial charge is 0.495 e. The molecule has 144 valence electrons. The summed E-state index contributed by atoms with van der Waals surface area (Å²) in [7, 11) is 3.68. The molecule has 27 heavy (non-hydrogen) atoms. The van der Waals surface area contributed by atoms with E-state index < -0.39 is 0 Å². The van der Waals surface area contributed by atoms with Gasteiger partial charge < -0.3 is 14.5 Å². The van der Waals surface area contributed by atoms with Crippen molar-refractivity contribution in [1.29, 1.82) is 0 Å². The highest BCUT2D eigenvalue weighted by Gasteiger charge is 2.24. The molecule has 2 aliphatic rings. The maximum Gasteiger partial charge on any atom is 0.257 e. The third kappa shape index (κ3) is 3.62. The monoisotopic (exact) mass is 370 g/mol. The van der Waals surface area contributed by atoms with Gasteiger partial charge in [-0.05, 0) is 25.0 Å². The van der Waals surface area contributed by atoms with Gasteiger partial charge in [0.15, 0.2) is 0 Å². The number of ether oxygens (including phenoxy) is 1. The highest BCUT2D eigenvalue weighted by Crippen LogP contribution is 2.23. The van der Waals surface area contributed by atoms with Crippen LogP contribution in [0.5, 0.6) is 5.75 Å². The van der Waals surface area contributed by atoms with Gasteiger partial charge in [-0.3, -0.25) is 19.7 Å². The second-order valence-electron chi connectivity index (χ2n) is 7.13. The van der Waals surface area contributed by atoms with E-state index >= 15 is 0 Å². The number of hydrogen-bond donors (Lipinski definition) is 1. The molecule has 0 bridgehead atoms. The Bertz CT molecular complexity index is 860. The molecule has 8 heteroatoms. The molecular weight excluding hydrogens is 344 g/mol. The van der Waals surface area contributed by atoms with E-state index in [-0.39, 0.29) is 5.56 Å². The van der Waals surface area contributed by atoms with Gasteiger partial charge in [-0.1, -0.05) is 0 Å². The van der Waals surface area contributed by atoms with Gasteiger partial charge in [-0.2, -0.15) is 4.98 Å². The minimum atomic E-state index is 0.00204. The van der Waals surface area contributed by atoms with Crippen molar-refractivity contribution in [3.63, 3.8) is 0 Å². The third-order valence-corrected chi connectivity index (χ3v) is 5.38. The van der Waals surface area contributed by atoms with Gasteiger partial charge in [0.25, 0.3) is 5.56 Å². The van der Waals surface area contributed by atoms with E-state index in [0.29, 0.717) is 5.95 Å². The number of fused-ring (bicyclic) bond motifs is 1. The zero-order chi connectivity index (χ0) is 18.8. The number of aromatic amines is 1. The molecule has 0 aliphatic carbocycles. The molecule has 0 unspecified atom stereocenters. The minimum Gasteiger partial charge on any atom is -0.495 e. The van der Waals surface area contributed by atoms with Crippen molar-refractivity contribution in [2.45, 2.75) is 19.4 Å². The Hall–Kier alpha value is -2.61. The molecule has 2 aromatic heterocycles. The van der Waals surface area contributed by atoms with Crippen molar-refractivity contribution >= 4 is 11.8 Å². The lowest BCUT2D eigenvalue weighted by Gasteiger charge is -2.35. The smallest absolute Gasteiger partial charge is 0.257 e. The standard InChI is InChI=1S/C19H26N6O2/c1-23-8-4-5-14-17(23)21-19(22-18(14)26)25-11-9-24(10-12-25)13-15-16(27-2)6-3-7-20-15/h3,6-7H,4-5,8-13H2,1-2H3,(H,21,22,26). The molecule has 0 atom stereocenters. The van der Waals surface area contributed by atoms with Gasteiger partial charge in [0.2, 0.25) is 5.95 Å². The van der Waals surface area contributed by atoms with E-state index in [1.165, 1.54) is 0 Å². The van der Waals surface area contributed by atoms with Crippen molar-refractivity contribution in [1.82, 2.24) is 19.9 Å². The van der Waals surface area contributed by atoms with Crippen LogP contribution in [0.1, 0.15) is 17.7 Å². The molecule has 1 saturated heterocycles. The van der Waals surface area contributed by atoms with Gasteiger partial charge in [-0.15, -0.1) is 0 Å². The van der Waals surface area contributed by atoms with Crippen LogP contribution in [0.2, 0.25) is 0 Å². The first kappa shape index (κ1) is 17.8.